The number of benzene rings is 1. The zero-order valence-electron chi connectivity index (χ0n) is 17.1. The predicted molar refractivity (Wildman–Crippen MR) is 107 cm³/mol. The molecule has 2 N–H and O–H groups in total. The van der Waals surface area contributed by atoms with Gasteiger partial charge >= 0.3 is 0 Å². The van der Waals surface area contributed by atoms with Gasteiger partial charge in [0, 0.05) is 36.5 Å². The molecule has 0 saturated carbocycles. The van der Waals surface area contributed by atoms with Gasteiger partial charge in [0.2, 0.25) is 5.43 Å². The summed E-state index contributed by atoms with van der Waals surface area (Å²) in [7, 11) is 0. The number of nitrogens with zero attached hydrogens (tertiary/aromatic N) is 3. The minimum Gasteiger partial charge on any atom is -0.502 e. The lowest BCUT2D eigenvalue weighted by Gasteiger charge is -2.41. The fourth-order valence-corrected chi connectivity index (χ4v) is 3.99. The average Bonchev–Trinajstić information content (AvgIpc) is 2.85. The molecular weight excluding hydrogens is 410 g/mol. The molecule has 2 atom stereocenters. The van der Waals surface area contributed by atoms with Gasteiger partial charge < -0.3 is 15.3 Å². The molecule has 0 unspecified atom stereocenters. The first-order chi connectivity index (χ1) is 14.7. The fraction of sp³-hybridized carbons (Fsp3) is 0.381. The summed E-state index contributed by atoms with van der Waals surface area (Å²) in [6, 6.07) is 2.88. The van der Waals surface area contributed by atoms with Crippen LogP contribution in [0.2, 0.25) is 0 Å². The average molecular weight is 432 g/mol. The monoisotopic (exact) mass is 432 g/mol. The first-order valence-electron chi connectivity index (χ1n) is 9.97. The van der Waals surface area contributed by atoms with E-state index in [1.54, 1.807) is 4.90 Å². The van der Waals surface area contributed by atoms with Gasteiger partial charge in [0.25, 0.3) is 11.8 Å². The Morgan fingerprint density at radius 3 is 2.61 bits per heavy atom. The van der Waals surface area contributed by atoms with Crippen molar-refractivity contribution in [1.29, 1.82) is 0 Å². The van der Waals surface area contributed by atoms with Crippen molar-refractivity contribution < 1.29 is 23.5 Å². The zero-order valence-corrected chi connectivity index (χ0v) is 17.1. The van der Waals surface area contributed by atoms with E-state index in [0.717, 1.165) is 18.9 Å². The third kappa shape index (κ3) is 3.51. The Morgan fingerprint density at radius 2 is 1.90 bits per heavy atom. The van der Waals surface area contributed by atoms with Crippen LogP contribution in [-0.4, -0.2) is 45.2 Å². The normalized spacial score (nSPS) is 20.3. The van der Waals surface area contributed by atoms with Gasteiger partial charge in [-0.25, -0.2) is 8.78 Å². The number of carbonyl (C=O) groups excluding carboxylic acids is 2. The number of hydrogen-bond donors (Lipinski definition) is 2. The van der Waals surface area contributed by atoms with Crippen molar-refractivity contribution in [2.24, 2.45) is 0 Å². The molecule has 8 nitrogen and oxygen atoms in total. The maximum atomic E-state index is 13.8. The number of halogens is 2. The van der Waals surface area contributed by atoms with Gasteiger partial charge in [-0.3, -0.25) is 24.1 Å². The van der Waals surface area contributed by atoms with E-state index in [1.165, 1.54) is 16.9 Å². The molecule has 10 heteroatoms. The first kappa shape index (κ1) is 20.8. The van der Waals surface area contributed by atoms with Gasteiger partial charge in [-0.2, -0.15) is 0 Å². The molecule has 2 aliphatic rings. The Morgan fingerprint density at radius 1 is 1.19 bits per heavy atom. The summed E-state index contributed by atoms with van der Waals surface area (Å²) in [6.45, 7) is 3.85. The van der Waals surface area contributed by atoms with E-state index in [4.69, 9.17) is 0 Å². The van der Waals surface area contributed by atoms with Crippen molar-refractivity contribution in [2.45, 2.75) is 45.3 Å². The predicted octanol–water partition coefficient (Wildman–Crippen LogP) is 1.68. The molecule has 31 heavy (non-hydrogen) atoms. The van der Waals surface area contributed by atoms with E-state index in [1.807, 2.05) is 18.9 Å². The highest BCUT2D eigenvalue weighted by atomic mass is 19.1. The summed E-state index contributed by atoms with van der Waals surface area (Å²) in [5.41, 5.74) is -1.51. The quantitative estimate of drug-likeness (QED) is 0.770. The van der Waals surface area contributed by atoms with Gasteiger partial charge in [0.1, 0.15) is 23.9 Å². The summed E-state index contributed by atoms with van der Waals surface area (Å²) >= 11 is 0. The lowest BCUT2D eigenvalue weighted by atomic mass is 10.1. The van der Waals surface area contributed by atoms with Crippen molar-refractivity contribution in [3.63, 3.8) is 0 Å². The van der Waals surface area contributed by atoms with Crippen molar-refractivity contribution in [3.8, 4) is 5.75 Å². The smallest absolute Gasteiger partial charge is 0.278 e. The van der Waals surface area contributed by atoms with Crippen LogP contribution in [0.15, 0.2) is 29.2 Å². The van der Waals surface area contributed by atoms with E-state index in [-0.39, 0.29) is 42.1 Å². The second-order valence-electron chi connectivity index (χ2n) is 7.96. The molecule has 1 fully saturated rings. The van der Waals surface area contributed by atoms with Crippen LogP contribution in [0.3, 0.4) is 0 Å². The molecule has 2 bridgehead atoms. The Kier molecular flexibility index (Phi) is 5.16. The minimum absolute atomic E-state index is 0.00887. The van der Waals surface area contributed by atoms with Gasteiger partial charge in [-0.05, 0) is 32.8 Å². The largest absolute Gasteiger partial charge is 0.502 e. The number of amides is 2. The molecule has 4 rings (SSSR count). The number of nitrogens with one attached hydrogen (secondary N) is 1. The molecule has 3 heterocycles. The maximum Gasteiger partial charge on any atom is 0.278 e. The van der Waals surface area contributed by atoms with Crippen LogP contribution in [0.5, 0.6) is 5.75 Å². The van der Waals surface area contributed by atoms with Gasteiger partial charge in [-0.15, -0.1) is 0 Å². The zero-order chi connectivity index (χ0) is 22.4. The number of pyridine rings is 1. The maximum absolute atomic E-state index is 13.8. The minimum atomic E-state index is -0.988. The SMILES string of the molecule is C[C@@H]1CC[C@H](C)N2CN1n1cc(C(=O)NCc3ccc(F)cc3F)c(=O)c(O)c1C2=O. The molecule has 0 aliphatic carbocycles. The van der Waals surface area contributed by atoms with Crippen molar-refractivity contribution in [2.75, 3.05) is 11.7 Å². The van der Waals surface area contributed by atoms with E-state index in [9.17, 15) is 28.3 Å². The summed E-state index contributed by atoms with van der Waals surface area (Å²) < 4.78 is 28.2. The van der Waals surface area contributed by atoms with Gasteiger partial charge in [-0.1, -0.05) is 6.07 Å². The van der Waals surface area contributed by atoms with E-state index in [2.05, 4.69) is 5.32 Å². The van der Waals surface area contributed by atoms with Gasteiger partial charge in [0.05, 0.1) is 0 Å². The number of fused-ring (bicyclic) bond motifs is 4. The highest BCUT2D eigenvalue weighted by Crippen LogP contribution is 2.28. The Labute approximate surface area is 176 Å². The van der Waals surface area contributed by atoms with E-state index < -0.39 is 34.6 Å². The molecular formula is C21H22F2N4O4. The lowest BCUT2D eigenvalue weighted by Crippen LogP contribution is -2.57. The standard InChI is InChI=1S/C21H22F2N4O4/c1-11-3-4-12(2)27-10-25(11)21(31)17-19(29)18(28)15(9-26(17)27)20(30)24-8-13-5-6-14(22)7-16(13)23/h5-7,9,11-12,29H,3-4,8,10H2,1-2H3,(H,24,30)/t11-,12+/m0/s1. The second kappa shape index (κ2) is 7.68. The summed E-state index contributed by atoms with van der Waals surface area (Å²) in [5.74, 6) is -3.70. The van der Waals surface area contributed by atoms with Gasteiger partial charge in [0.15, 0.2) is 11.4 Å². The van der Waals surface area contributed by atoms with Crippen molar-refractivity contribution in [1.82, 2.24) is 14.9 Å². The van der Waals surface area contributed by atoms with Crippen LogP contribution in [0.25, 0.3) is 0 Å². The number of carbonyl (C=O) groups is 2. The molecule has 1 aromatic heterocycles. The van der Waals surface area contributed by atoms with Crippen molar-refractivity contribution in [3.05, 3.63) is 63.1 Å². The molecule has 1 saturated heterocycles. The van der Waals surface area contributed by atoms with Crippen LogP contribution >= 0.6 is 0 Å². The molecule has 0 spiro atoms. The number of aromatic nitrogens is 1. The Bertz CT molecular complexity index is 1130. The van der Waals surface area contributed by atoms with Crippen LogP contribution < -0.4 is 15.8 Å². The summed E-state index contributed by atoms with van der Waals surface area (Å²) in [6.07, 6.45) is 2.78. The second-order valence-corrected chi connectivity index (χ2v) is 7.96. The van der Waals surface area contributed by atoms with Crippen LogP contribution in [0.4, 0.5) is 8.78 Å². The first-order valence-corrected chi connectivity index (χ1v) is 9.97. The number of aromatic hydroxyl groups is 1. The molecule has 1 aromatic carbocycles. The van der Waals surface area contributed by atoms with Crippen LogP contribution in [-0.2, 0) is 6.54 Å². The molecule has 164 valence electrons. The summed E-state index contributed by atoms with van der Waals surface area (Å²) in [4.78, 5) is 39.9. The fourth-order valence-electron chi connectivity index (χ4n) is 3.99. The Balaban J connectivity index is 1.69. The molecule has 0 radical (unpaired) electrons. The Hall–Kier alpha value is -3.43. The van der Waals surface area contributed by atoms with Crippen LogP contribution in [0.1, 0.15) is 53.1 Å². The topological polar surface area (TPSA) is 94.9 Å². The third-order valence-electron chi connectivity index (χ3n) is 5.94. The third-order valence-corrected chi connectivity index (χ3v) is 5.94. The molecule has 2 aliphatic heterocycles. The molecule has 2 aromatic rings. The van der Waals surface area contributed by atoms with Crippen LogP contribution in [0, 0.1) is 11.6 Å². The highest BCUT2D eigenvalue weighted by molar-refractivity contribution is 5.99. The lowest BCUT2D eigenvalue weighted by molar-refractivity contribution is 0.0627. The highest BCUT2D eigenvalue weighted by Gasteiger charge is 2.39. The van der Waals surface area contributed by atoms with E-state index in [0.29, 0.717) is 6.07 Å². The van der Waals surface area contributed by atoms with Crippen molar-refractivity contribution >= 4 is 11.8 Å². The molecule has 2 amide bonds. The number of rotatable bonds is 3. The number of hydrogen-bond acceptors (Lipinski definition) is 5. The summed E-state index contributed by atoms with van der Waals surface area (Å²) in [5, 5.41) is 14.8. The van der Waals surface area contributed by atoms with E-state index >= 15 is 0 Å².